The lowest BCUT2D eigenvalue weighted by atomic mass is 9.99. The van der Waals surface area contributed by atoms with Crippen molar-refractivity contribution < 1.29 is 80.4 Å². The molecule has 5 N–H and O–H groups in total. The lowest BCUT2D eigenvalue weighted by Gasteiger charge is -2.43. The largest absolute Gasteiger partial charge is 0.481 e. The smallest absolute Gasteiger partial charge is 0.397 e. The van der Waals surface area contributed by atoms with Gasteiger partial charge in [0.1, 0.15) is 18.3 Å². The van der Waals surface area contributed by atoms with Crippen LogP contribution in [0.25, 0.3) is 0 Å². The van der Waals surface area contributed by atoms with Crippen molar-refractivity contribution in [3.8, 4) is 0 Å². The second kappa shape index (κ2) is 15.2. The van der Waals surface area contributed by atoms with Gasteiger partial charge in [-0.25, -0.2) is 12.5 Å². The van der Waals surface area contributed by atoms with Crippen LogP contribution in [0, 0.1) is 0 Å². The average molecular weight is 647 g/mol. The molecule has 0 bridgehead atoms. The maximum Gasteiger partial charge on any atom is 0.397 e. The van der Waals surface area contributed by atoms with Crippen molar-refractivity contribution in [2.75, 3.05) is 26.7 Å². The monoisotopic (exact) mass is 646 g/mol. The normalized spacial score (nSPS) is 23.9. The van der Waals surface area contributed by atoms with Crippen LogP contribution in [0.2, 0.25) is 0 Å². The van der Waals surface area contributed by atoms with Gasteiger partial charge in [-0.2, -0.15) is 25.3 Å². The van der Waals surface area contributed by atoms with Crippen LogP contribution in [-0.2, 0) is 67.6 Å². The van der Waals surface area contributed by atoms with Crippen molar-refractivity contribution in [2.45, 2.75) is 63.3 Å². The fourth-order valence-electron chi connectivity index (χ4n) is 3.51. The molecule has 0 aromatic heterocycles. The van der Waals surface area contributed by atoms with Crippen LogP contribution in [0.5, 0.6) is 0 Å². The maximum atomic E-state index is 12.5. The molecule has 1 heterocycles. The highest BCUT2D eigenvalue weighted by atomic mass is 32.3. The van der Waals surface area contributed by atoms with E-state index < -0.39 is 92.8 Å². The summed E-state index contributed by atoms with van der Waals surface area (Å²) < 4.78 is 119. The van der Waals surface area contributed by atoms with Crippen LogP contribution >= 0.6 is 0 Å². The zero-order chi connectivity index (χ0) is 30.9. The van der Waals surface area contributed by atoms with Crippen LogP contribution in [0.15, 0.2) is 0 Å². The zero-order valence-electron chi connectivity index (χ0n) is 21.0. The molecule has 5 atom stereocenters. The number of carboxylic acid groups (broad SMARTS) is 1. The number of likely N-dealkylation sites (N-methyl/N-ethyl adjacent to an activating group) is 1. The Kier molecular flexibility index (Phi) is 13.7. The predicted molar refractivity (Wildman–Crippen MR) is 126 cm³/mol. The average Bonchev–Trinajstić information content (AvgIpc) is 2.79. The van der Waals surface area contributed by atoms with Gasteiger partial charge in [0.15, 0.2) is 12.4 Å². The van der Waals surface area contributed by atoms with E-state index in [1.165, 1.54) is 0 Å². The summed E-state index contributed by atoms with van der Waals surface area (Å²) in [5.41, 5.74) is 0. The molecule has 40 heavy (non-hydrogen) atoms. The van der Waals surface area contributed by atoms with Crippen LogP contribution in [0.3, 0.4) is 0 Å². The van der Waals surface area contributed by atoms with E-state index >= 15 is 0 Å². The van der Waals surface area contributed by atoms with Crippen molar-refractivity contribution in [1.29, 1.82) is 0 Å². The Balaban J connectivity index is 3.12. The first-order valence-electron chi connectivity index (χ1n) is 11.2. The molecule has 1 saturated heterocycles. The Morgan fingerprint density at radius 1 is 0.850 bits per heavy atom. The highest BCUT2D eigenvalue weighted by molar-refractivity contribution is 7.81. The summed E-state index contributed by atoms with van der Waals surface area (Å²) in [6, 6.07) is 0. The molecule has 23 heteroatoms. The topological polar surface area (TPSA) is 296 Å². The summed E-state index contributed by atoms with van der Waals surface area (Å²) in [6.07, 6.45) is -10.7. The van der Waals surface area contributed by atoms with Gasteiger partial charge in [0.25, 0.3) is 0 Å². The second-order valence-corrected chi connectivity index (χ2v) is 11.2. The van der Waals surface area contributed by atoms with Gasteiger partial charge in [-0.15, -0.1) is 0 Å². The summed E-state index contributed by atoms with van der Waals surface area (Å²) in [5, 5.41) is 10.9. The number of carboxylic acids is 1. The van der Waals surface area contributed by atoms with Crippen LogP contribution in [0.4, 0.5) is 0 Å². The molecule has 0 aliphatic carbocycles. The van der Waals surface area contributed by atoms with Gasteiger partial charge in [0.2, 0.25) is 11.8 Å². The number of carbonyl (C=O) groups excluding carboxylic acids is 2. The van der Waals surface area contributed by atoms with E-state index in [2.05, 4.69) is 17.9 Å². The molecule has 1 fully saturated rings. The minimum Gasteiger partial charge on any atom is -0.481 e. The molecule has 2 amide bonds. The molecule has 0 spiro atoms. The predicted octanol–water partition coefficient (Wildman–Crippen LogP) is -2.47. The Bertz CT molecular complexity index is 1200. The number of hydrogen-bond acceptors (Lipinski definition) is 14. The molecule has 0 aromatic carbocycles. The van der Waals surface area contributed by atoms with Gasteiger partial charge < -0.3 is 24.8 Å². The molecule has 0 aromatic rings. The van der Waals surface area contributed by atoms with E-state index in [1.54, 1.807) is 6.92 Å². The van der Waals surface area contributed by atoms with E-state index in [9.17, 15) is 44.2 Å². The number of carbonyl (C=O) groups is 3. The number of hydrogen-bond donors (Lipinski definition) is 5. The SMILES string of the molecule is CCN(CC(=O)NC[C@H]1O[C@H](OC)[C@@H](OS(=O)(=O)O)[C@@H](OS(=O)(=O)O)[C@@H]1OS(=O)(=O)O)C(=O)CCCCC(=O)O. The molecular weight excluding hydrogens is 616 g/mol. The van der Waals surface area contributed by atoms with E-state index in [-0.39, 0.29) is 32.2 Å². The molecule has 1 rings (SSSR count). The fourth-order valence-corrected chi connectivity index (χ4v) is 5.01. The maximum absolute atomic E-state index is 12.5. The highest BCUT2D eigenvalue weighted by Gasteiger charge is 2.53. The summed E-state index contributed by atoms with van der Waals surface area (Å²) in [5.74, 6) is -2.36. The first kappa shape index (κ1) is 36.0. The Morgan fingerprint density at radius 3 is 1.82 bits per heavy atom. The van der Waals surface area contributed by atoms with Gasteiger partial charge >= 0.3 is 37.2 Å². The van der Waals surface area contributed by atoms with E-state index in [0.29, 0.717) is 0 Å². The van der Waals surface area contributed by atoms with Gasteiger partial charge in [-0.05, 0) is 19.8 Å². The summed E-state index contributed by atoms with van der Waals surface area (Å²) in [4.78, 5) is 36.5. The first-order valence-corrected chi connectivity index (χ1v) is 15.3. The fraction of sp³-hybridized carbons (Fsp3) is 0.824. The molecule has 1 aliphatic rings. The van der Waals surface area contributed by atoms with Gasteiger partial charge in [0, 0.05) is 33.0 Å². The number of ether oxygens (including phenoxy) is 2. The molecule has 0 saturated carbocycles. The van der Waals surface area contributed by atoms with Crippen molar-refractivity contribution in [2.24, 2.45) is 0 Å². The Hall–Kier alpha value is -2.06. The summed E-state index contributed by atoms with van der Waals surface area (Å²) >= 11 is 0. The van der Waals surface area contributed by atoms with Crippen LogP contribution in [-0.4, -0.2) is 124 Å². The third kappa shape index (κ3) is 13.5. The van der Waals surface area contributed by atoms with Crippen molar-refractivity contribution in [3.05, 3.63) is 0 Å². The Labute approximate surface area is 229 Å². The van der Waals surface area contributed by atoms with E-state index in [4.69, 9.17) is 23.7 Å². The Morgan fingerprint density at radius 2 is 1.35 bits per heavy atom. The van der Waals surface area contributed by atoms with Crippen molar-refractivity contribution >= 4 is 49.0 Å². The lowest BCUT2D eigenvalue weighted by molar-refractivity contribution is -0.273. The molecule has 0 unspecified atom stereocenters. The van der Waals surface area contributed by atoms with E-state index in [1.807, 2.05) is 0 Å². The third-order valence-electron chi connectivity index (χ3n) is 5.12. The summed E-state index contributed by atoms with van der Waals surface area (Å²) in [7, 11) is -15.5. The number of nitrogens with one attached hydrogen (secondary N) is 1. The quantitative estimate of drug-likeness (QED) is 0.0807. The lowest BCUT2D eigenvalue weighted by Crippen LogP contribution is -2.63. The van der Waals surface area contributed by atoms with Crippen LogP contribution < -0.4 is 5.32 Å². The minimum absolute atomic E-state index is 0.0519. The standard InChI is InChI=1S/C17H30N2O18S3/c1-3-19(12(21)6-4-5-7-13(22)23)9-11(20)18-8-10-14(35-38(24,25)26)15(36-39(27,28)29)16(17(33-2)34-10)37-40(30,31)32/h10,14-17H,3-9H2,1-2H3,(H,18,20)(H,22,23)(H,24,25,26)(H,27,28,29)(H,30,31,32)/t10-,14-,15+,16+,17+/m1/s1. The second-order valence-electron chi connectivity index (χ2n) is 8.06. The number of rotatable bonds is 17. The van der Waals surface area contributed by atoms with E-state index in [0.717, 1.165) is 12.0 Å². The number of nitrogens with zero attached hydrogens (tertiary/aromatic N) is 1. The van der Waals surface area contributed by atoms with Crippen LogP contribution in [0.1, 0.15) is 32.6 Å². The zero-order valence-corrected chi connectivity index (χ0v) is 23.5. The molecule has 0 radical (unpaired) electrons. The first-order chi connectivity index (χ1) is 18.3. The molecule has 1 aliphatic heterocycles. The van der Waals surface area contributed by atoms with Gasteiger partial charge in [-0.1, -0.05) is 0 Å². The third-order valence-corrected chi connectivity index (χ3v) is 6.52. The van der Waals surface area contributed by atoms with Crippen molar-refractivity contribution in [3.63, 3.8) is 0 Å². The minimum atomic E-state index is -5.52. The summed E-state index contributed by atoms with van der Waals surface area (Å²) in [6.45, 7) is 0.341. The number of unbranched alkanes of at least 4 members (excludes halogenated alkanes) is 1. The molecular formula is C17H30N2O18S3. The van der Waals surface area contributed by atoms with Gasteiger partial charge in [0.05, 0.1) is 6.54 Å². The molecule has 20 nitrogen and oxygen atoms in total. The van der Waals surface area contributed by atoms with Gasteiger partial charge in [-0.3, -0.25) is 28.0 Å². The van der Waals surface area contributed by atoms with Crippen molar-refractivity contribution in [1.82, 2.24) is 10.2 Å². The molecule has 234 valence electrons. The highest BCUT2D eigenvalue weighted by Crippen LogP contribution is 2.31. The number of amides is 2. The number of aliphatic carboxylic acids is 1. The number of methoxy groups -OCH3 is 1.